The van der Waals surface area contributed by atoms with E-state index in [0.717, 1.165) is 70.0 Å². The third-order valence-corrected chi connectivity index (χ3v) is 7.31. The van der Waals surface area contributed by atoms with Crippen LogP contribution in [0.2, 0.25) is 0 Å². The van der Waals surface area contributed by atoms with Gasteiger partial charge in [0.05, 0.1) is 16.1 Å². The molecule has 5 nitrogen and oxygen atoms in total. The fourth-order valence-corrected chi connectivity index (χ4v) is 5.32. The van der Waals surface area contributed by atoms with Crippen LogP contribution in [0.1, 0.15) is 42.5 Å². The Balaban J connectivity index is 1.47. The summed E-state index contributed by atoms with van der Waals surface area (Å²) >= 11 is 1.72. The molecule has 1 saturated heterocycles. The number of rotatable bonds is 5. The predicted octanol–water partition coefficient (Wildman–Crippen LogP) is 3.03. The summed E-state index contributed by atoms with van der Waals surface area (Å²) in [5.41, 5.74) is 3.15. The molecule has 1 unspecified atom stereocenters. The molecule has 0 saturated carbocycles. The SMILES string of the molecule is CC(C)c1nc2c(s1)NC=c1cccnc1=C2N1CCNC(CCc2cccc(F)c2)C1. The molecule has 0 aliphatic carbocycles. The van der Waals surface area contributed by atoms with Crippen LogP contribution in [0.15, 0.2) is 42.6 Å². The number of nitrogens with one attached hydrogen (secondary N) is 2. The summed E-state index contributed by atoms with van der Waals surface area (Å²) in [7, 11) is 0. The number of nitrogens with zero attached hydrogens (tertiary/aromatic N) is 3. The minimum atomic E-state index is -0.168. The number of fused-ring (bicyclic) bond motifs is 2. The van der Waals surface area contributed by atoms with E-state index in [1.807, 2.05) is 24.5 Å². The summed E-state index contributed by atoms with van der Waals surface area (Å²) in [4.78, 5) is 12.3. The number of halogens is 1. The Morgan fingerprint density at radius 3 is 3.00 bits per heavy atom. The van der Waals surface area contributed by atoms with Crippen molar-refractivity contribution >= 4 is 28.2 Å². The Morgan fingerprint density at radius 1 is 1.25 bits per heavy atom. The number of benzene rings is 1. The summed E-state index contributed by atoms with van der Waals surface area (Å²) in [6, 6.07) is 11.3. The van der Waals surface area contributed by atoms with Crippen molar-refractivity contribution in [1.82, 2.24) is 20.2 Å². The standard InChI is InChI=1S/C25H28FN5S/c1-16(2)24-30-22-23(21-18(6-4-10-28-21)14-29-25(22)32-24)31-12-11-27-20(15-31)9-8-17-5-3-7-19(26)13-17/h3-7,10,13-14,16,20,27,29H,8-9,11-12,15H2,1-2H3. The van der Waals surface area contributed by atoms with Crippen molar-refractivity contribution in [2.24, 2.45) is 0 Å². The molecule has 0 bridgehead atoms. The van der Waals surface area contributed by atoms with E-state index in [0.29, 0.717) is 12.0 Å². The van der Waals surface area contributed by atoms with Crippen molar-refractivity contribution in [2.75, 3.05) is 25.0 Å². The number of piperazine rings is 1. The van der Waals surface area contributed by atoms with Crippen molar-refractivity contribution in [1.29, 1.82) is 0 Å². The lowest BCUT2D eigenvalue weighted by Gasteiger charge is -2.36. The zero-order chi connectivity index (χ0) is 22.1. The Kier molecular flexibility index (Phi) is 5.93. The molecule has 7 heteroatoms. The maximum atomic E-state index is 13.6. The van der Waals surface area contributed by atoms with E-state index >= 15 is 0 Å². The molecular weight excluding hydrogens is 421 g/mol. The number of hydrogen-bond acceptors (Lipinski definition) is 6. The van der Waals surface area contributed by atoms with Crippen LogP contribution >= 0.6 is 11.3 Å². The molecule has 0 amide bonds. The third-order valence-electron chi connectivity index (χ3n) is 6.03. The van der Waals surface area contributed by atoms with Crippen molar-refractivity contribution in [2.45, 2.75) is 38.6 Å². The van der Waals surface area contributed by atoms with E-state index in [1.165, 1.54) is 6.07 Å². The highest BCUT2D eigenvalue weighted by Gasteiger charge is 2.28. The highest BCUT2D eigenvalue weighted by atomic mass is 32.1. The van der Waals surface area contributed by atoms with Gasteiger partial charge in [0.25, 0.3) is 0 Å². The molecule has 1 aromatic carbocycles. The van der Waals surface area contributed by atoms with Crippen LogP contribution in [-0.4, -0.2) is 40.5 Å². The van der Waals surface area contributed by atoms with Crippen LogP contribution in [0.25, 0.3) is 11.9 Å². The zero-order valence-electron chi connectivity index (χ0n) is 18.4. The van der Waals surface area contributed by atoms with E-state index in [9.17, 15) is 4.39 Å². The maximum absolute atomic E-state index is 13.6. The molecule has 2 aliphatic rings. The summed E-state index contributed by atoms with van der Waals surface area (Å²) < 4.78 is 13.6. The molecular formula is C25H28FN5S. The number of thiazole rings is 1. The van der Waals surface area contributed by atoms with Crippen LogP contribution in [0, 0.1) is 5.82 Å². The second-order valence-corrected chi connectivity index (χ2v) is 9.76. The molecule has 4 heterocycles. The molecule has 2 aromatic heterocycles. The van der Waals surface area contributed by atoms with Gasteiger partial charge in [0.2, 0.25) is 0 Å². The van der Waals surface area contributed by atoms with Crippen LogP contribution in [0.3, 0.4) is 0 Å². The third kappa shape index (κ3) is 4.27. The largest absolute Gasteiger partial charge is 0.365 e. The number of aromatic nitrogens is 2. The van der Waals surface area contributed by atoms with Gasteiger partial charge in [-0.25, -0.2) is 9.37 Å². The van der Waals surface area contributed by atoms with Crippen LogP contribution in [-0.2, 0) is 6.42 Å². The molecule has 5 rings (SSSR count). The van der Waals surface area contributed by atoms with Gasteiger partial charge in [-0.2, -0.15) is 0 Å². The van der Waals surface area contributed by atoms with Gasteiger partial charge in [0, 0.05) is 49.2 Å². The predicted molar refractivity (Wildman–Crippen MR) is 128 cm³/mol. The quantitative estimate of drug-likeness (QED) is 0.627. The first-order chi connectivity index (χ1) is 15.6. The molecule has 32 heavy (non-hydrogen) atoms. The van der Waals surface area contributed by atoms with E-state index in [1.54, 1.807) is 23.5 Å². The molecule has 1 fully saturated rings. The second-order valence-electron chi connectivity index (χ2n) is 8.73. The average Bonchev–Trinajstić information content (AvgIpc) is 3.15. The van der Waals surface area contributed by atoms with Crippen LogP contribution in [0.4, 0.5) is 9.39 Å². The van der Waals surface area contributed by atoms with Crippen LogP contribution in [0.5, 0.6) is 0 Å². The first-order valence-electron chi connectivity index (χ1n) is 11.2. The second kappa shape index (κ2) is 9.00. The summed E-state index contributed by atoms with van der Waals surface area (Å²) in [5, 5.41) is 11.4. The van der Waals surface area contributed by atoms with Gasteiger partial charge in [-0.1, -0.05) is 26.0 Å². The Labute approximate surface area is 191 Å². The van der Waals surface area contributed by atoms with E-state index in [-0.39, 0.29) is 5.82 Å². The van der Waals surface area contributed by atoms with Crippen LogP contribution < -0.4 is 21.2 Å². The first kappa shape index (κ1) is 21.1. The lowest BCUT2D eigenvalue weighted by atomic mass is 10.0. The van der Waals surface area contributed by atoms with E-state index < -0.39 is 0 Å². The van der Waals surface area contributed by atoms with E-state index in [4.69, 9.17) is 9.97 Å². The maximum Gasteiger partial charge on any atom is 0.124 e. The number of aryl methyl sites for hydroxylation is 1. The smallest absolute Gasteiger partial charge is 0.124 e. The molecule has 166 valence electrons. The van der Waals surface area contributed by atoms with Gasteiger partial charge in [-0.3, -0.25) is 4.98 Å². The lowest BCUT2D eigenvalue weighted by molar-refractivity contribution is 0.268. The topological polar surface area (TPSA) is 53.1 Å². The summed E-state index contributed by atoms with van der Waals surface area (Å²) in [6.07, 6.45) is 5.70. The van der Waals surface area contributed by atoms with Crippen molar-refractivity contribution in [3.05, 3.63) is 75.2 Å². The van der Waals surface area contributed by atoms with Crippen molar-refractivity contribution in [3.8, 4) is 0 Å². The normalized spacial score (nSPS) is 17.9. The lowest BCUT2D eigenvalue weighted by Crippen LogP contribution is -2.52. The summed E-state index contributed by atoms with van der Waals surface area (Å²) in [5.74, 6) is 0.207. The van der Waals surface area contributed by atoms with E-state index in [2.05, 4.69) is 35.4 Å². The summed E-state index contributed by atoms with van der Waals surface area (Å²) in [6.45, 7) is 7.03. The van der Waals surface area contributed by atoms with Gasteiger partial charge in [0.15, 0.2) is 0 Å². The van der Waals surface area contributed by atoms with Crippen molar-refractivity contribution < 1.29 is 4.39 Å². The van der Waals surface area contributed by atoms with Gasteiger partial charge in [-0.15, -0.1) is 11.3 Å². The Morgan fingerprint density at radius 2 is 2.16 bits per heavy atom. The monoisotopic (exact) mass is 449 g/mol. The van der Waals surface area contributed by atoms with Gasteiger partial charge < -0.3 is 15.5 Å². The Bertz CT molecular complexity index is 1240. The minimum Gasteiger partial charge on any atom is -0.365 e. The van der Waals surface area contributed by atoms with Gasteiger partial charge in [-0.05, 0) is 42.7 Å². The Hall–Kier alpha value is -2.77. The highest BCUT2D eigenvalue weighted by molar-refractivity contribution is 7.16. The number of hydrogen-bond donors (Lipinski definition) is 2. The molecule has 2 N–H and O–H groups in total. The molecule has 1 atom stereocenters. The molecule has 0 radical (unpaired) electrons. The fraction of sp³-hybridized carbons (Fsp3) is 0.360. The molecule has 0 spiro atoms. The number of pyridine rings is 1. The fourth-order valence-electron chi connectivity index (χ4n) is 4.38. The van der Waals surface area contributed by atoms with Gasteiger partial charge in [0.1, 0.15) is 16.5 Å². The van der Waals surface area contributed by atoms with Crippen molar-refractivity contribution in [3.63, 3.8) is 0 Å². The first-order valence-corrected chi connectivity index (χ1v) is 12.1. The average molecular weight is 450 g/mol. The van der Waals surface area contributed by atoms with Gasteiger partial charge >= 0.3 is 0 Å². The molecule has 2 aliphatic heterocycles. The highest BCUT2D eigenvalue weighted by Crippen LogP contribution is 2.34. The number of anilines is 1. The molecule has 3 aromatic rings. The zero-order valence-corrected chi connectivity index (χ0v) is 19.3. The minimum absolute atomic E-state index is 0.168.